The van der Waals surface area contributed by atoms with Gasteiger partial charge in [-0.1, -0.05) is 48.2 Å². The van der Waals surface area contributed by atoms with Crippen LogP contribution in [0, 0.1) is 13.8 Å². The van der Waals surface area contributed by atoms with Gasteiger partial charge in [0.25, 0.3) is 5.56 Å². The Labute approximate surface area is 194 Å². The number of nitrogens with one attached hydrogen (secondary N) is 1. The van der Waals surface area contributed by atoms with Gasteiger partial charge in [0.2, 0.25) is 5.91 Å². The van der Waals surface area contributed by atoms with Crippen LogP contribution in [0.5, 0.6) is 0 Å². The first kappa shape index (κ1) is 21.0. The van der Waals surface area contributed by atoms with Crippen molar-refractivity contribution < 1.29 is 4.79 Å². The lowest BCUT2D eigenvalue weighted by Crippen LogP contribution is -2.23. The number of aromatic nitrogens is 2. The van der Waals surface area contributed by atoms with E-state index >= 15 is 0 Å². The van der Waals surface area contributed by atoms with Crippen molar-refractivity contribution >= 4 is 44.9 Å². The van der Waals surface area contributed by atoms with E-state index in [0.717, 1.165) is 57.5 Å². The molecule has 5 rings (SSSR count). The van der Waals surface area contributed by atoms with Crippen molar-refractivity contribution in [1.82, 2.24) is 9.55 Å². The van der Waals surface area contributed by atoms with Crippen LogP contribution in [0.4, 0.5) is 5.69 Å². The van der Waals surface area contributed by atoms with Gasteiger partial charge in [0.15, 0.2) is 5.16 Å². The third-order valence-corrected chi connectivity index (χ3v) is 7.92. The minimum atomic E-state index is -0.116. The van der Waals surface area contributed by atoms with Crippen molar-refractivity contribution in [3.05, 3.63) is 80.5 Å². The number of thioether (sulfide) groups is 1. The second-order valence-electron chi connectivity index (χ2n) is 8.01. The van der Waals surface area contributed by atoms with Crippen LogP contribution in [0.15, 0.2) is 58.5 Å². The lowest BCUT2D eigenvalue weighted by atomic mass is 10.1. The molecule has 0 atom stereocenters. The molecule has 7 heteroatoms. The second kappa shape index (κ2) is 8.56. The van der Waals surface area contributed by atoms with E-state index in [1.807, 2.05) is 62.4 Å². The minimum absolute atomic E-state index is 0.0433. The first-order valence-corrected chi connectivity index (χ1v) is 12.4. The molecule has 1 amide bonds. The number of rotatable bonds is 5. The Bertz CT molecular complexity index is 1370. The molecule has 2 aromatic carbocycles. The fourth-order valence-corrected chi connectivity index (χ4v) is 6.36. The SMILES string of the molecule is Cc1cccc(C)c1NC(=O)CSc1nc2sc3c(c2c(=O)n1-c1ccccc1)CCC3. The molecule has 1 aliphatic carbocycles. The minimum Gasteiger partial charge on any atom is -0.325 e. The maximum absolute atomic E-state index is 13.6. The molecule has 0 radical (unpaired) electrons. The number of para-hydroxylation sites is 2. The van der Waals surface area contributed by atoms with Crippen LogP contribution in [0.2, 0.25) is 0 Å². The summed E-state index contributed by atoms with van der Waals surface area (Å²) in [5, 5.41) is 4.31. The largest absolute Gasteiger partial charge is 0.325 e. The monoisotopic (exact) mass is 461 g/mol. The van der Waals surface area contributed by atoms with E-state index in [9.17, 15) is 9.59 Å². The molecule has 0 fully saturated rings. The van der Waals surface area contributed by atoms with Crippen LogP contribution < -0.4 is 10.9 Å². The molecule has 0 aliphatic heterocycles. The highest BCUT2D eigenvalue weighted by Crippen LogP contribution is 2.36. The predicted molar refractivity (Wildman–Crippen MR) is 133 cm³/mol. The van der Waals surface area contributed by atoms with Gasteiger partial charge in [0.1, 0.15) is 4.83 Å². The van der Waals surface area contributed by atoms with Crippen LogP contribution in [-0.2, 0) is 17.6 Å². The number of benzene rings is 2. The number of nitrogens with zero attached hydrogens (tertiary/aromatic N) is 2. The number of carbonyl (C=O) groups excluding carboxylic acids is 1. The van der Waals surface area contributed by atoms with Crippen molar-refractivity contribution in [1.29, 1.82) is 0 Å². The zero-order chi connectivity index (χ0) is 22.2. The van der Waals surface area contributed by atoms with E-state index < -0.39 is 0 Å². The summed E-state index contributed by atoms with van der Waals surface area (Å²) in [6.45, 7) is 3.96. The molecule has 0 unspecified atom stereocenters. The maximum Gasteiger partial charge on any atom is 0.267 e. The lowest BCUT2D eigenvalue weighted by Gasteiger charge is -2.14. The van der Waals surface area contributed by atoms with Crippen LogP contribution in [0.1, 0.15) is 28.0 Å². The molecule has 0 bridgehead atoms. The van der Waals surface area contributed by atoms with Crippen LogP contribution in [0.25, 0.3) is 15.9 Å². The van der Waals surface area contributed by atoms with Gasteiger partial charge in [-0.2, -0.15) is 0 Å². The van der Waals surface area contributed by atoms with Gasteiger partial charge < -0.3 is 5.32 Å². The number of fused-ring (bicyclic) bond motifs is 3. The molecule has 1 N–H and O–H groups in total. The van der Waals surface area contributed by atoms with Crippen LogP contribution in [0.3, 0.4) is 0 Å². The van der Waals surface area contributed by atoms with Crippen LogP contribution in [-0.4, -0.2) is 21.2 Å². The standard InChI is InChI=1S/C25H23N3O2S2/c1-15-8-6-9-16(2)22(15)26-20(29)14-31-25-27-23-21(18-12-7-13-19(18)32-23)24(30)28(25)17-10-4-3-5-11-17/h3-6,8-11H,7,12-14H2,1-2H3,(H,26,29). The molecular formula is C25H23N3O2S2. The van der Waals surface area contributed by atoms with Gasteiger partial charge in [-0.05, 0) is 61.9 Å². The predicted octanol–water partition coefficient (Wildman–Crippen LogP) is 5.28. The third-order valence-electron chi connectivity index (χ3n) is 5.80. The molecule has 4 aromatic rings. The smallest absolute Gasteiger partial charge is 0.267 e. The Morgan fingerprint density at radius 2 is 1.84 bits per heavy atom. The fraction of sp³-hybridized carbons (Fsp3) is 0.240. The van der Waals surface area contributed by atoms with E-state index in [1.54, 1.807) is 15.9 Å². The van der Waals surface area contributed by atoms with Crippen molar-refractivity contribution in [2.24, 2.45) is 0 Å². The Morgan fingerprint density at radius 1 is 1.09 bits per heavy atom. The summed E-state index contributed by atoms with van der Waals surface area (Å²) in [5.74, 6) is 0.0546. The Kier molecular flexibility index (Phi) is 5.61. The fourth-order valence-electron chi connectivity index (χ4n) is 4.24. The Hall–Kier alpha value is -2.90. The number of thiophene rings is 1. The lowest BCUT2D eigenvalue weighted by molar-refractivity contribution is -0.113. The summed E-state index contributed by atoms with van der Waals surface area (Å²) in [7, 11) is 0. The number of anilines is 1. The highest BCUT2D eigenvalue weighted by atomic mass is 32.2. The average molecular weight is 462 g/mol. The number of hydrogen-bond acceptors (Lipinski definition) is 5. The summed E-state index contributed by atoms with van der Waals surface area (Å²) in [5.41, 5.74) is 4.78. The zero-order valence-electron chi connectivity index (χ0n) is 18.0. The summed E-state index contributed by atoms with van der Waals surface area (Å²) < 4.78 is 1.66. The number of amides is 1. The number of aryl methyl sites for hydroxylation is 4. The van der Waals surface area contributed by atoms with E-state index in [0.29, 0.717) is 5.16 Å². The highest BCUT2D eigenvalue weighted by Gasteiger charge is 2.24. The molecule has 0 spiro atoms. The molecule has 32 heavy (non-hydrogen) atoms. The van der Waals surface area contributed by atoms with Gasteiger partial charge >= 0.3 is 0 Å². The average Bonchev–Trinajstić information content (AvgIpc) is 3.36. The van der Waals surface area contributed by atoms with Gasteiger partial charge in [-0.3, -0.25) is 14.2 Å². The Balaban J connectivity index is 1.51. The zero-order valence-corrected chi connectivity index (χ0v) is 19.6. The summed E-state index contributed by atoms with van der Waals surface area (Å²) in [4.78, 5) is 33.3. The topological polar surface area (TPSA) is 64.0 Å². The molecule has 0 saturated carbocycles. The Morgan fingerprint density at radius 3 is 2.59 bits per heavy atom. The van der Waals surface area contributed by atoms with E-state index in [4.69, 9.17) is 4.98 Å². The number of hydrogen-bond donors (Lipinski definition) is 1. The molecule has 2 heterocycles. The van der Waals surface area contributed by atoms with Crippen LogP contribution >= 0.6 is 23.1 Å². The first-order valence-electron chi connectivity index (χ1n) is 10.6. The molecular weight excluding hydrogens is 438 g/mol. The molecule has 2 aromatic heterocycles. The van der Waals surface area contributed by atoms with Gasteiger partial charge in [0.05, 0.1) is 16.8 Å². The third kappa shape index (κ3) is 3.76. The highest BCUT2D eigenvalue weighted by molar-refractivity contribution is 7.99. The molecule has 0 saturated heterocycles. The van der Waals surface area contributed by atoms with Crippen molar-refractivity contribution in [2.45, 2.75) is 38.3 Å². The van der Waals surface area contributed by atoms with E-state index in [-0.39, 0.29) is 17.2 Å². The molecule has 5 nitrogen and oxygen atoms in total. The number of carbonyl (C=O) groups is 1. The molecule has 162 valence electrons. The summed E-state index contributed by atoms with van der Waals surface area (Å²) in [6, 6.07) is 15.5. The van der Waals surface area contributed by atoms with Gasteiger partial charge in [-0.25, -0.2) is 4.98 Å². The normalized spacial score (nSPS) is 12.8. The first-order chi connectivity index (χ1) is 15.5. The van der Waals surface area contributed by atoms with Crippen molar-refractivity contribution in [2.75, 3.05) is 11.1 Å². The van der Waals surface area contributed by atoms with Gasteiger partial charge in [-0.15, -0.1) is 11.3 Å². The van der Waals surface area contributed by atoms with Crippen molar-refractivity contribution in [3.8, 4) is 5.69 Å². The summed E-state index contributed by atoms with van der Waals surface area (Å²) in [6.07, 6.45) is 3.05. The van der Waals surface area contributed by atoms with E-state index in [2.05, 4.69) is 5.32 Å². The van der Waals surface area contributed by atoms with Gasteiger partial charge in [0, 0.05) is 10.6 Å². The maximum atomic E-state index is 13.6. The van der Waals surface area contributed by atoms with Crippen molar-refractivity contribution in [3.63, 3.8) is 0 Å². The van der Waals surface area contributed by atoms with E-state index in [1.165, 1.54) is 16.6 Å². The quantitative estimate of drug-likeness (QED) is 0.324. The summed E-state index contributed by atoms with van der Waals surface area (Å²) >= 11 is 2.92. The second-order valence-corrected chi connectivity index (χ2v) is 10.0. The molecule has 1 aliphatic rings.